The SMILES string of the molecule is O=C(c1cc[nH]c1)C1CCCCO1. The van der Waals surface area contributed by atoms with E-state index in [4.69, 9.17) is 4.74 Å². The number of Topliss-reactive ketones (excluding diaryl/α,β-unsaturated/α-hetero) is 1. The van der Waals surface area contributed by atoms with Crippen molar-refractivity contribution in [2.24, 2.45) is 0 Å². The van der Waals surface area contributed by atoms with Gasteiger partial charge in [0.05, 0.1) is 0 Å². The second kappa shape index (κ2) is 3.75. The minimum Gasteiger partial charge on any atom is -0.370 e. The quantitative estimate of drug-likeness (QED) is 0.703. The molecule has 0 aromatic carbocycles. The summed E-state index contributed by atoms with van der Waals surface area (Å²) in [5.74, 6) is 0.112. The molecule has 13 heavy (non-hydrogen) atoms. The predicted octanol–water partition coefficient (Wildman–Crippen LogP) is 1.77. The van der Waals surface area contributed by atoms with Crippen LogP contribution in [0.2, 0.25) is 0 Å². The Morgan fingerprint density at radius 2 is 2.46 bits per heavy atom. The van der Waals surface area contributed by atoms with Gasteiger partial charge in [-0.05, 0) is 25.3 Å². The molecular formula is C10H13NO2. The zero-order valence-electron chi connectivity index (χ0n) is 7.45. The third kappa shape index (κ3) is 1.80. The van der Waals surface area contributed by atoms with Crippen LogP contribution in [-0.4, -0.2) is 23.5 Å². The molecule has 1 atom stereocenters. The first-order valence-electron chi connectivity index (χ1n) is 4.66. The number of aromatic nitrogens is 1. The summed E-state index contributed by atoms with van der Waals surface area (Å²) in [6.07, 6.45) is 6.32. The molecule has 3 heteroatoms. The molecule has 1 aromatic heterocycles. The maximum atomic E-state index is 11.7. The fraction of sp³-hybridized carbons (Fsp3) is 0.500. The maximum Gasteiger partial charge on any atom is 0.193 e. The first-order chi connectivity index (χ1) is 6.38. The van der Waals surface area contributed by atoms with E-state index in [-0.39, 0.29) is 11.9 Å². The molecule has 1 saturated heterocycles. The summed E-state index contributed by atoms with van der Waals surface area (Å²) >= 11 is 0. The van der Waals surface area contributed by atoms with E-state index in [1.54, 1.807) is 18.5 Å². The Hall–Kier alpha value is -1.09. The number of carbonyl (C=O) groups excluding carboxylic acids is 1. The molecule has 0 saturated carbocycles. The number of hydrogen-bond acceptors (Lipinski definition) is 2. The number of H-pyrrole nitrogens is 1. The predicted molar refractivity (Wildman–Crippen MR) is 48.7 cm³/mol. The normalized spacial score (nSPS) is 22.9. The van der Waals surface area contributed by atoms with Gasteiger partial charge in [0.1, 0.15) is 6.10 Å². The van der Waals surface area contributed by atoms with Crippen molar-refractivity contribution in [1.29, 1.82) is 0 Å². The molecule has 3 nitrogen and oxygen atoms in total. The summed E-state index contributed by atoms with van der Waals surface area (Å²) in [6.45, 7) is 0.723. The highest BCUT2D eigenvalue weighted by Gasteiger charge is 2.22. The number of carbonyl (C=O) groups is 1. The number of aromatic amines is 1. The van der Waals surface area contributed by atoms with E-state index in [1.807, 2.05) is 0 Å². The maximum absolute atomic E-state index is 11.7. The van der Waals surface area contributed by atoms with Gasteiger partial charge in [0.25, 0.3) is 0 Å². The van der Waals surface area contributed by atoms with Crippen LogP contribution in [0, 0.1) is 0 Å². The van der Waals surface area contributed by atoms with Crippen LogP contribution in [0.15, 0.2) is 18.5 Å². The molecule has 0 aliphatic carbocycles. The standard InChI is InChI=1S/C10H13NO2/c12-10(8-4-5-11-7-8)9-3-1-2-6-13-9/h4-5,7,9,11H,1-3,6H2. The Morgan fingerprint density at radius 1 is 1.54 bits per heavy atom. The second-order valence-electron chi connectivity index (χ2n) is 3.32. The number of rotatable bonds is 2. The van der Waals surface area contributed by atoms with Crippen LogP contribution in [0.4, 0.5) is 0 Å². The Kier molecular flexibility index (Phi) is 2.45. The molecule has 0 amide bonds. The molecule has 2 rings (SSSR count). The topological polar surface area (TPSA) is 42.1 Å². The van der Waals surface area contributed by atoms with Gasteiger partial charge in [0.2, 0.25) is 0 Å². The highest BCUT2D eigenvalue weighted by atomic mass is 16.5. The number of nitrogens with one attached hydrogen (secondary N) is 1. The van der Waals surface area contributed by atoms with E-state index in [1.165, 1.54) is 0 Å². The average molecular weight is 179 g/mol. The molecule has 1 aliphatic heterocycles. The van der Waals surface area contributed by atoms with Crippen LogP contribution in [0.3, 0.4) is 0 Å². The minimum atomic E-state index is -0.204. The zero-order valence-corrected chi connectivity index (χ0v) is 7.45. The molecule has 1 aliphatic rings. The van der Waals surface area contributed by atoms with E-state index in [0.717, 1.165) is 31.4 Å². The van der Waals surface area contributed by atoms with Crippen molar-refractivity contribution in [2.75, 3.05) is 6.61 Å². The number of ether oxygens (including phenoxy) is 1. The average Bonchev–Trinajstić information content (AvgIpc) is 2.71. The highest BCUT2D eigenvalue weighted by Crippen LogP contribution is 2.16. The lowest BCUT2D eigenvalue weighted by Gasteiger charge is -2.20. The summed E-state index contributed by atoms with van der Waals surface area (Å²) in [5, 5.41) is 0. The summed E-state index contributed by atoms with van der Waals surface area (Å²) in [5.41, 5.74) is 0.729. The largest absolute Gasteiger partial charge is 0.370 e. The lowest BCUT2D eigenvalue weighted by Crippen LogP contribution is -2.27. The van der Waals surface area contributed by atoms with Crippen LogP contribution in [0.5, 0.6) is 0 Å². The van der Waals surface area contributed by atoms with Gasteiger partial charge in [0.15, 0.2) is 5.78 Å². The molecule has 1 aromatic rings. The first-order valence-corrected chi connectivity index (χ1v) is 4.66. The Balaban J connectivity index is 2.04. The van der Waals surface area contributed by atoms with Crippen LogP contribution >= 0.6 is 0 Å². The van der Waals surface area contributed by atoms with E-state index in [2.05, 4.69) is 4.98 Å². The van der Waals surface area contributed by atoms with E-state index >= 15 is 0 Å². The monoisotopic (exact) mass is 179 g/mol. The van der Waals surface area contributed by atoms with Gasteiger partial charge >= 0.3 is 0 Å². The van der Waals surface area contributed by atoms with Crippen molar-refractivity contribution >= 4 is 5.78 Å². The van der Waals surface area contributed by atoms with Gasteiger partial charge in [-0.1, -0.05) is 0 Å². The van der Waals surface area contributed by atoms with Gasteiger partial charge in [0, 0.05) is 24.6 Å². The van der Waals surface area contributed by atoms with Crippen molar-refractivity contribution in [3.63, 3.8) is 0 Å². The Bertz CT molecular complexity index is 273. The Labute approximate surface area is 77.1 Å². The van der Waals surface area contributed by atoms with Crippen LogP contribution in [0.25, 0.3) is 0 Å². The molecule has 0 radical (unpaired) electrons. The molecule has 2 heterocycles. The van der Waals surface area contributed by atoms with Gasteiger partial charge in [-0.3, -0.25) is 4.79 Å². The number of hydrogen-bond donors (Lipinski definition) is 1. The fourth-order valence-electron chi connectivity index (χ4n) is 1.61. The highest BCUT2D eigenvalue weighted by molar-refractivity contribution is 5.99. The van der Waals surface area contributed by atoms with Crippen molar-refractivity contribution < 1.29 is 9.53 Å². The lowest BCUT2D eigenvalue weighted by molar-refractivity contribution is 0.0186. The van der Waals surface area contributed by atoms with Crippen molar-refractivity contribution in [2.45, 2.75) is 25.4 Å². The summed E-state index contributed by atoms with van der Waals surface area (Å²) in [6, 6.07) is 1.79. The van der Waals surface area contributed by atoms with Crippen LogP contribution < -0.4 is 0 Å². The smallest absolute Gasteiger partial charge is 0.193 e. The molecule has 1 unspecified atom stereocenters. The third-order valence-corrected chi connectivity index (χ3v) is 2.35. The van der Waals surface area contributed by atoms with Gasteiger partial charge < -0.3 is 9.72 Å². The van der Waals surface area contributed by atoms with Crippen LogP contribution in [0.1, 0.15) is 29.6 Å². The van der Waals surface area contributed by atoms with E-state index in [0.29, 0.717) is 0 Å². The molecule has 70 valence electrons. The van der Waals surface area contributed by atoms with Crippen molar-refractivity contribution in [1.82, 2.24) is 4.98 Å². The van der Waals surface area contributed by atoms with Crippen molar-refractivity contribution in [3.05, 3.63) is 24.0 Å². The fourth-order valence-corrected chi connectivity index (χ4v) is 1.61. The summed E-state index contributed by atoms with van der Waals surface area (Å²) in [7, 11) is 0. The van der Waals surface area contributed by atoms with Gasteiger partial charge in [-0.2, -0.15) is 0 Å². The van der Waals surface area contributed by atoms with Gasteiger partial charge in [-0.15, -0.1) is 0 Å². The second-order valence-corrected chi connectivity index (χ2v) is 3.32. The molecule has 1 fully saturated rings. The van der Waals surface area contributed by atoms with Crippen molar-refractivity contribution in [3.8, 4) is 0 Å². The summed E-state index contributed by atoms with van der Waals surface area (Å²) in [4.78, 5) is 14.6. The Morgan fingerprint density at radius 3 is 3.08 bits per heavy atom. The number of ketones is 1. The third-order valence-electron chi connectivity index (χ3n) is 2.35. The minimum absolute atomic E-state index is 0.112. The zero-order chi connectivity index (χ0) is 9.10. The first kappa shape index (κ1) is 8.51. The molecule has 0 bridgehead atoms. The van der Waals surface area contributed by atoms with E-state index < -0.39 is 0 Å². The summed E-state index contributed by atoms with van der Waals surface area (Å²) < 4.78 is 5.40. The van der Waals surface area contributed by atoms with Crippen LogP contribution in [-0.2, 0) is 4.74 Å². The molecule has 1 N–H and O–H groups in total. The van der Waals surface area contributed by atoms with Gasteiger partial charge in [-0.25, -0.2) is 0 Å². The lowest BCUT2D eigenvalue weighted by atomic mass is 10.0. The van der Waals surface area contributed by atoms with E-state index in [9.17, 15) is 4.79 Å². The molecular weight excluding hydrogens is 166 g/mol. The molecule has 0 spiro atoms.